The number of quaternary nitrogens is 1. The van der Waals surface area contributed by atoms with Crippen molar-refractivity contribution < 1.29 is 46.8 Å². The molecule has 0 aromatic rings. The summed E-state index contributed by atoms with van der Waals surface area (Å²) >= 11 is 0. The Hall–Kier alpha value is -1.84. The third-order valence-electron chi connectivity index (χ3n) is 8.71. The number of hydrogen-bond donors (Lipinski definition) is 1. The lowest BCUT2D eigenvalue weighted by Crippen LogP contribution is -2.37. The Labute approximate surface area is 317 Å². The maximum atomic E-state index is 12.6. The van der Waals surface area contributed by atoms with Crippen LogP contribution in [0.2, 0.25) is 0 Å². The molecule has 0 fully saturated rings. The predicted octanol–water partition coefficient (Wildman–Crippen LogP) is 10.4. The third kappa shape index (κ3) is 36.5. The van der Waals surface area contributed by atoms with Gasteiger partial charge in [-0.15, -0.1) is 0 Å². The van der Waals surface area contributed by atoms with Crippen molar-refractivity contribution >= 4 is 25.5 Å². The Morgan fingerprint density at radius 3 is 1.71 bits per heavy atom. The van der Waals surface area contributed by atoms with Crippen LogP contribution in [0, 0.1) is 0 Å². The molecule has 0 radical (unpaired) electrons. The number of nitrogens with zero attached hydrogens (tertiary/aromatic N) is 1. The average Bonchev–Trinajstić information content (AvgIpc) is 3.08. The number of allylic oxidation sites excluding steroid dienone is 4. The summed E-state index contributed by atoms with van der Waals surface area (Å²) < 4.78 is 34.1. The van der Waals surface area contributed by atoms with E-state index in [0.29, 0.717) is 23.9 Å². The molecule has 0 aromatic heterocycles. The summed E-state index contributed by atoms with van der Waals surface area (Å²) in [4.78, 5) is 47.0. The second-order valence-corrected chi connectivity index (χ2v) is 16.5. The molecule has 0 saturated carbocycles. The Morgan fingerprint density at radius 2 is 1.13 bits per heavy atom. The number of phosphoric ester groups is 1. The zero-order valence-electron chi connectivity index (χ0n) is 33.8. The van der Waals surface area contributed by atoms with Gasteiger partial charge in [0, 0.05) is 19.3 Å². The summed E-state index contributed by atoms with van der Waals surface area (Å²) in [6.45, 7) is 4.20. The molecule has 1 unspecified atom stereocenters. The van der Waals surface area contributed by atoms with E-state index in [-0.39, 0.29) is 37.8 Å². The molecule has 11 heteroatoms. The second-order valence-electron chi connectivity index (χ2n) is 15.1. The number of carbonyl (C=O) groups is 3. The molecule has 10 nitrogen and oxygen atoms in total. The minimum Gasteiger partial charge on any atom is -0.462 e. The first-order valence-corrected chi connectivity index (χ1v) is 22.0. The monoisotopic (exact) mass is 759 g/mol. The van der Waals surface area contributed by atoms with Gasteiger partial charge < -0.3 is 18.9 Å². The lowest BCUT2D eigenvalue weighted by Gasteiger charge is -2.24. The zero-order valence-corrected chi connectivity index (χ0v) is 34.7. The first kappa shape index (κ1) is 50.2. The fraction of sp³-hybridized carbons (Fsp3) is 0.829. The molecule has 0 amide bonds. The van der Waals surface area contributed by atoms with E-state index in [4.69, 9.17) is 18.5 Å². The number of ether oxygens (including phenoxy) is 2. The van der Waals surface area contributed by atoms with E-state index in [1.807, 2.05) is 33.3 Å². The van der Waals surface area contributed by atoms with E-state index in [2.05, 4.69) is 19.9 Å². The van der Waals surface area contributed by atoms with Gasteiger partial charge in [0.1, 0.15) is 19.8 Å². The van der Waals surface area contributed by atoms with Crippen molar-refractivity contribution in [3.63, 3.8) is 0 Å². The standard InChI is InChI=1S/C41H76NO9P/c1-6-8-10-11-12-13-14-15-18-21-24-28-32-40(44)48-36-39(37-50-52(46,47)49-35-34-42(3,4)5)51-41(45)33-29-25-22-19-16-17-20-23-27-31-38(43)30-26-9-7-2/h20,23,27,31,39H,6-19,21-22,24-26,28-30,32-37H2,1-5H3/p+1/b23-20-,31-27+/t39-/m1/s1. The molecule has 0 aliphatic heterocycles. The molecule has 52 heavy (non-hydrogen) atoms. The highest BCUT2D eigenvalue weighted by atomic mass is 31.2. The number of esters is 2. The van der Waals surface area contributed by atoms with Crippen molar-refractivity contribution in [1.82, 2.24) is 0 Å². The fourth-order valence-corrected chi connectivity index (χ4v) is 6.15. The van der Waals surface area contributed by atoms with Gasteiger partial charge in [0.2, 0.25) is 0 Å². The molecule has 0 spiro atoms. The largest absolute Gasteiger partial charge is 0.472 e. The van der Waals surface area contributed by atoms with E-state index < -0.39 is 26.5 Å². The molecule has 0 bridgehead atoms. The van der Waals surface area contributed by atoms with Gasteiger partial charge in [-0.1, -0.05) is 135 Å². The molecule has 304 valence electrons. The van der Waals surface area contributed by atoms with Crippen molar-refractivity contribution in [2.24, 2.45) is 0 Å². The van der Waals surface area contributed by atoms with Gasteiger partial charge in [-0.05, 0) is 38.2 Å². The lowest BCUT2D eigenvalue weighted by molar-refractivity contribution is -0.870. The summed E-state index contributed by atoms with van der Waals surface area (Å²) in [5.74, 6) is -0.681. The van der Waals surface area contributed by atoms with E-state index in [1.165, 1.54) is 57.8 Å². The second kappa shape index (κ2) is 33.7. The molecule has 0 aliphatic carbocycles. The summed E-state index contributed by atoms with van der Waals surface area (Å²) in [5.41, 5.74) is 0. The van der Waals surface area contributed by atoms with E-state index in [0.717, 1.165) is 70.6 Å². The SMILES string of the molecule is CCCCCCCCCCCCCCC(=O)OC[C@H](COP(=O)(O)OCC[N+](C)(C)C)OC(=O)CCCCCCC/C=C\C=C\C(=O)CCCCC. The maximum Gasteiger partial charge on any atom is 0.472 e. The molecule has 2 atom stereocenters. The van der Waals surface area contributed by atoms with Crippen molar-refractivity contribution in [3.8, 4) is 0 Å². The summed E-state index contributed by atoms with van der Waals surface area (Å²) in [5, 5.41) is 0. The van der Waals surface area contributed by atoms with Crippen LogP contribution in [-0.2, 0) is 37.5 Å². The van der Waals surface area contributed by atoms with Crippen LogP contribution in [0.4, 0.5) is 0 Å². The van der Waals surface area contributed by atoms with Crippen LogP contribution in [0.3, 0.4) is 0 Å². The van der Waals surface area contributed by atoms with E-state index >= 15 is 0 Å². The molecule has 0 aromatic carbocycles. The van der Waals surface area contributed by atoms with E-state index in [9.17, 15) is 23.8 Å². The molecule has 0 heterocycles. The molecular formula is C41H77NO9P+. The highest BCUT2D eigenvalue weighted by Gasteiger charge is 2.27. The van der Waals surface area contributed by atoms with Crippen molar-refractivity contribution in [2.75, 3.05) is 47.5 Å². The number of phosphoric acid groups is 1. The third-order valence-corrected chi connectivity index (χ3v) is 9.69. The van der Waals surface area contributed by atoms with Crippen LogP contribution < -0.4 is 0 Å². The highest BCUT2D eigenvalue weighted by molar-refractivity contribution is 7.47. The number of rotatable bonds is 37. The normalized spacial score (nSPS) is 13.8. The molecule has 1 N–H and O–H groups in total. The Balaban J connectivity index is 4.47. The highest BCUT2D eigenvalue weighted by Crippen LogP contribution is 2.43. The zero-order chi connectivity index (χ0) is 38.8. The van der Waals surface area contributed by atoms with E-state index in [1.54, 1.807) is 6.08 Å². The maximum absolute atomic E-state index is 12.6. The quantitative estimate of drug-likeness (QED) is 0.0165. The number of ketones is 1. The number of carbonyl (C=O) groups excluding carboxylic acids is 3. The summed E-state index contributed by atoms with van der Waals surface area (Å²) in [7, 11) is 1.42. The van der Waals surface area contributed by atoms with Crippen molar-refractivity contribution in [2.45, 2.75) is 174 Å². The topological polar surface area (TPSA) is 125 Å². The molecule has 0 saturated heterocycles. The van der Waals surface area contributed by atoms with Gasteiger partial charge in [0.05, 0.1) is 27.7 Å². The lowest BCUT2D eigenvalue weighted by atomic mass is 10.0. The Kier molecular flexibility index (Phi) is 32.5. The van der Waals surface area contributed by atoms with Crippen LogP contribution in [0.15, 0.2) is 24.3 Å². The van der Waals surface area contributed by atoms with Gasteiger partial charge in [-0.3, -0.25) is 23.4 Å². The van der Waals surface area contributed by atoms with Gasteiger partial charge in [-0.25, -0.2) is 4.57 Å². The van der Waals surface area contributed by atoms with Gasteiger partial charge in [0.15, 0.2) is 11.9 Å². The Morgan fingerprint density at radius 1 is 0.635 bits per heavy atom. The van der Waals surface area contributed by atoms with Crippen molar-refractivity contribution in [3.05, 3.63) is 24.3 Å². The smallest absolute Gasteiger partial charge is 0.462 e. The first-order chi connectivity index (χ1) is 24.9. The molecular weight excluding hydrogens is 681 g/mol. The van der Waals surface area contributed by atoms with Gasteiger partial charge in [-0.2, -0.15) is 0 Å². The van der Waals surface area contributed by atoms with Crippen molar-refractivity contribution in [1.29, 1.82) is 0 Å². The van der Waals surface area contributed by atoms with Gasteiger partial charge >= 0.3 is 19.8 Å². The number of hydrogen-bond acceptors (Lipinski definition) is 8. The summed E-state index contributed by atoms with van der Waals surface area (Å²) in [6, 6.07) is 0. The van der Waals surface area contributed by atoms with Gasteiger partial charge in [0.25, 0.3) is 0 Å². The van der Waals surface area contributed by atoms with Crippen LogP contribution in [-0.4, -0.2) is 80.7 Å². The van der Waals surface area contributed by atoms with Crippen LogP contribution in [0.1, 0.15) is 168 Å². The van der Waals surface area contributed by atoms with Crippen LogP contribution in [0.5, 0.6) is 0 Å². The number of likely N-dealkylation sites (N-methyl/N-ethyl adjacent to an activating group) is 1. The molecule has 0 rings (SSSR count). The minimum atomic E-state index is -4.39. The summed E-state index contributed by atoms with van der Waals surface area (Å²) in [6.07, 6.45) is 30.6. The average molecular weight is 759 g/mol. The first-order valence-electron chi connectivity index (χ1n) is 20.5. The predicted molar refractivity (Wildman–Crippen MR) is 211 cm³/mol. The van der Waals surface area contributed by atoms with Crippen LogP contribution in [0.25, 0.3) is 0 Å². The van der Waals surface area contributed by atoms with Crippen LogP contribution >= 0.6 is 7.82 Å². The molecule has 0 aliphatic rings. The minimum absolute atomic E-state index is 0.0172. The number of unbranched alkanes of at least 4 members (excludes halogenated alkanes) is 18. The fourth-order valence-electron chi connectivity index (χ4n) is 5.41. The Bertz CT molecular complexity index is 1010.